The molecule has 2 heterocycles. The maximum Gasteiger partial charge on any atom is 0.350 e. The minimum Gasteiger partial charge on any atom is -0.508 e. The largest absolute Gasteiger partial charge is 0.508 e. The molecule has 1 fully saturated rings. The van der Waals surface area contributed by atoms with Gasteiger partial charge in [-0.2, -0.15) is 0 Å². The number of ether oxygens (including phenoxy) is 2. The van der Waals surface area contributed by atoms with Crippen molar-refractivity contribution in [2.45, 2.75) is 32.9 Å². The predicted molar refractivity (Wildman–Crippen MR) is 133 cm³/mol. The number of nitrogens with zero attached hydrogens (tertiary/aromatic N) is 2. The van der Waals surface area contributed by atoms with Crippen LogP contribution in [0, 0.1) is 6.92 Å². The minimum atomic E-state index is -1.05. The number of aromatic hydroxyl groups is 1. The molecule has 1 aliphatic rings. The van der Waals surface area contributed by atoms with Gasteiger partial charge in [-0.15, -0.1) is 0 Å². The van der Waals surface area contributed by atoms with Gasteiger partial charge in [0.2, 0.25) is 0 Å². The van der Waals surface area contributed by atoms with E-state index >= 15 is 0 Å². The lowest BCUT2D eigenvalue weighted by atomic mass is 9.95. The molecule has 2 aromatic carbocycles. The smallest absolute Gasteiger partial charge is 0.350 e. The average Bonchev–Trinajstić information content (AvgIpc) is 3.35. The summed E-state index contributed by atoms with van der Waals surface area (Å²) >= 11 is 0.911. The molecule has 0 bridgehead atoms. The molecular weight excluding hydrogens is 484 g/mol. The van der Waals surface area contributed by atoms with Crippen LogP contribution in [0.2, 0.25) is 0 Å². The number of rotatable bonds is 6. The minimum absolute atomic E-state index is 0.00508. The Morgan fingerprint density at radius 3 is 2.31 bits per heavy atom. The zero-order chi connectivity index (χ0) is 26.1. The number of aliphatic hydroxyl groups excluding tert-OH is 1. The van der Waals surface area contributed by atoms with E-state index in [9.17, 15) is 24.6 Å². The fourth-order valence-electron chi connectivity index (χ4n) is 3.89. The quantitative estimate of drug-likeness (QED) is 0.218. The Bertz CT molecular complexity index is 1360. The van der Waals surface area contributed by atoms with Crippen LogP contribution in [-0.4, -0.2) is 46.1 Å². The maximum absolute atomic E-state index is 13.3. The van der Waals surface area contributed by atoms with Gasteiger partial charge >= 0.3 is 11.9 Å². The van der Waals surface area contributed by atoms with E-state index in [1.165, 1.54) is 19.2 Å². The number of ketones is 1. The number of Topliss-reactive ketones (excluding diaryl/α,β-unsaturated/α-hetero) is 1. The molecule has 0 aliphatic carbocycles. The van der Waals surface area contributed by atoms with Crippen LogP contribution in [-0.2, 0) is 14.3 Å². The molecule has 2 N–H and O–H groups in total. The Balaban J connectivity index is 1.87. The monoisotopic (exact) mass is 508 g/mol. The lowest BCUT2D eigenvalue weighted by molar-refractivity contribution is -0.132. The molecule has 1 aliphatic heterocycles. The lowest BCUT2D eigenvalue weighted by Gasteiger charge is -2.23. The first kappa shape index (κ1) is 24.9. The van der Waals surface area contributed by atoms with Gasteiger partial charge in [-0.1, -0.05) is 23.5 Å². The molecule has 1 aromatic heterocycles. The molecule has 1 unspecified atom stereocenters. The van der Waals surface area contributed by atoms with Gasteiger partial charge in [0.1, 0.15) is 22.1 Å². The van der Waals surface area contributed by atoms with Crippen LogP contribution in [0.15, 0.2) is 54.1 Å². The van der Waals surface area contributed by atoms with E-state index in [2.05, 4.69) is 4.98 Å². The topological polar surface area (TPSA) is 126 Å². The van der Waals surface area contributed by atoms with Crippen LogP contribution < -0.4 is 9.64 Å². The summed E-state index contributed by atoms with van der Waals surface area (Å²) in [4.78, 5) is 44.3. The number of amides is 1. The van der Waals surface area contributed by atoms with E-state index in [1.54, 1.807) is 43.3 Å². The van der Waals surface area contributed by atoms with Crippen molar-refractivity contribution in [3.05, 3.63) is 75.8 Å². The van der Waals surface area contributed by atoms with Gasteiger partial charge < -0.3 is 19.7 Å². The third-order valence-electron chi connectivity index (χ3n) is 5.51. The third-order valence-corrected chi connectivity index (χ3v) is 6.65. The van der Waals surface area contributed by atoms with E-state index in [4.69, 9.17) is 9.47 Å². The number of aromatic nitrogens is 1. The average molecular weight is 509 g/mol. The number of anilines is 1. The van der Waals surface area contributed by atoms with E-state index in [1.807, 2.05) is 13.8 Å². The Morgan fingerprint density at radius 2 is 1.72 bits per heavy atom. The second-order valence-electron chi connectivity index (χ2n) is 8.35. The van der Waals surface area contributed by atoms with Crippen molar-refractivity contribution in [2.75, 3.05) is 12.0 Å². The van der Waals surface area contributed by atoms with E-state index in [0.717, 1.165) is 16.2 Å². The van der Waals surface area contributed by atoms with Crippen molar-refractivity contribution < 1.29 is 34.1 Å². The SMILES string of the molecule is COC(=O)c1sc(N2C(=O)C(=O)/C(=C(/O)c3ccc(OC(C)C)cc3)C2c2ccc(O)cc2)nc1C. The summed E-state index contributed by atoms with van der Waals surface area (Å²) in [6.07, 6.45) is -0.0408. The van der Waals surface area contributed by atoms with Gasteiger partial charge in [-0.3, -0.25) is 14.5 Å². The van der Waals surface area contributed by atoms with Crippen molar-refractivity contribution in [1.82, 2.24) is 4.98 Å². The normalized spacial score (nSPS) is 17.0. The predicted octanol–water partition coefficient (Wildman–Crippen LogP) is 4.36. The summed E-state index contributed by atoms with van der Waals surface area (Å²) in [5.41, 5.74) is 0.976. The summed E-state index contributed by atoms with van der Waals surface area (Å²) < 4.78 is 10.4. The molecule has 4 rings (SSSR count). The first-order chi connectivity index (χ1) is 17.1. The van der Waals surface area contributed by atoms with Crippen molar-refractivity contribution in [3.8, 4) is 11.5 Å². The Hall–Kier alpha value is -4.18. The number of carbonyl (C=O) groups is 3. The summed E-state index contributed by atoms with van der Waals surface area (Å²) in [7, 11) is 1.24. The number of hydrogen-bond donors (Lipinski definition) is 2. The highest BCUT2D eigenvalue weighted by atomic mass is 32.1. The van der Waals surface area contributed by atoms with Gasteiger partial charge in [0, 0.05) is 5.56 Å². The molecule has 36 heavy (non-hydrogen) atoms. The highest BCUT2D eigenvalue weighted by Gasteiger charge is 2.48. The number of phenols is 1. The fraction of sp³-hybridized carbons (Fsp3) is 0.231. The standard InChI is InChI=1S/C26H24N2O7S/c1-13(2)35-18-11-7-16(8-12-18)21(30)19-20(15-5-9-17(29)10-6-15)28(24(32)22(19)31)26-27-14(3)23(36-26)25(33)34-4/h5-13,20,29-30H,1-4H3/b21-19+. The van der Waals surface area contributed by atoms with Crippen LogP contribution in [0.1, 0.15) is 46.4 Å². The lowest BCUT2D eigenvalue weighted by Crippen LogP contribution is -2.29. The number of hydrogen-bond acceptors (Lipinski definition) is 9. The maximum atomic E-state index is 13.3. The van der Waals surface area contributed by atoms with Gasteiger partial charge in [0.15, 0.2) is 5.13 Å². The molecule has 186 valence electrons. The molecule has 10 heteroatoms. The second-order valence-corrected chi connectivity index (χ2v) is 9.33. The molecule has 0 saturated carbocycles. The molecule has 1 saturated heterocycles. The number of aryl methyl sites for hydroxylation is 1. The molecule has 0 spiro atoms. The van der Waals surface area contributed by atoms with Crippen LogP contribution in [0.5, 0.6) is 11.5 Å². The zero-order valence-electron chi connectivity index (χ0n) is 20.0. The van der Waals surface area contributed by atoms with Crippen LogP contribution in [0.25, 0.3) is 5.76 Å². The number of phenolic OH excluding ortho intramolecular Hbond substituents is 1. The highest BCUT2D eigenvalue weighted by Crippen LogP contribution is 2.44. The summed E-state index contributed by atoms with van der Waals surface area (Å²) in [5.74, 6) is -2.20. The van der Waals surface area contributed by atoms with E-state index < -0.39 is 23.7 Å². The Labute approximate surface area is 211 Å². The summed E-state index contributed by atoms with van der Waals surface area (Å²) in [6.45, 7) is 5.37. The number of aliphatic hydroxyl groups is 1. The van der Waals surface area contributed by atoms with Crippen molar-refractivity contribution in [2.24, 2.45) is 0 Å². The fourth-order valence-corrected chi connectivity index (χ4v) is 4.90. The van der Waals surface area contributed by atoms with Gasteiger partial charge in [0.05, 0.1) is 30.5 Å². The highest BCUT2D eigenvalue weighted by molar-refractivity contribution is 7.17. The van der Waals surface area contributed by atoms with Gasteiger partial charge in [-0.25, -0.2) is 9.78 Å². The molecule has 1 amide bonds. The first-order valence-corrected chi connectivity index (χ1v) is 11.9. The van der Waals surface area contributed by atoms with Crippen molar-refractivity contribution in [1.29, 1.82) is 0 Å². The second kappa shape index (κ2) is 9.82. The van der Waals surface area contributed by atoms with Crippen LogP contribution >= 0.6 is 11.3 Å². The number of thiazole rings is 1. The van der Waals surface area contributed by atoms with Crippen molar-refractivity contribution in [3.63, 3.8) is 0 Å². The van der Waals surface area contributed by atoms with Crippen LogP contribution in [0.4, 0.5) is 5.13 Å². The van der Waals surface area contributed by atoms with Crippen molar-refractivity contribution >= 4 is 39.9 Å². The number of esters is 1. The van der Waals surface area contributed by atoms with Gasteiger partial charge in [-0.05, 0) is 62.7 Å². The van der Waals surface area contributed by atoms with Gasteiger partial charge in [0.25, 0.3) is 5.78 Å². The summed E-state index contributed by atoms with van der Waals surface area (Å²) in [5, 5.41) is 21.1. The number of benzene rings is 2. The molecule has 0 radical (unpaired) electrons. The number of methoxy groups -OCH3 is 1. The molecule has 3 aromatic rings. The zero-order valence-corrected chi connectivity index (χ0v) is 20.8. The van der Waals surface area contributed by atoms with E-state index in [0.29, 0.717) is 22.6 Å². The van der Waals surface area contributed by atoms with E-state index in [-0.39, 0.29) is 33.2 Å². The molecular formula is C26H24N2O7S. The first-order valence-electron chi connectivity index (χ1n) is 11.0. The molecule has 9 nitrogen and oxygen atoms in total. The Kier molecular flexibility index (Phi) is 6.80. The molecule has 1 atom stereocenters. The van der Waals surface area contributed by atoms with Crippen LogP contribution in [0.3, 0.4) is 0 Å². The number of carbonyl (C=O) groups excluding carboxylic acids is 3. The summed E-state index contributed by atoms with van der Waals surface area (Å²) in [6, 6.07) is 11.4. The Morgan fingerprint density at radius 1 is 1.08 bits per heavy atom. The third kappa shape index (κ3) is 4.55.